The van der Waals surface area contributed by atoms with E-state index in [0.717, 1.165) is 31.2 Å². The molecule has 0 aromatic heterocycles. The Bertz CT molecular complexity index is 507. The Morgan fingerprint density at radius 3 is 2.46 bits per heavy atom. The lowest BCUT2D eigenvalue weighted by atomic mass is 10.2. The molecule has 1 fully saturated rings. The predicted octanol–water partition coefficient (Wildman–Crippen LogP) is 4.83. The van der Waals surface area contributed by atoms with E-state index in [2.05, 4.69) is 36.0 Å². The standard InChI is InChI=1S/C20H31N3O/c1-4-15-21-20(14-10-6-5-9-13-18(2)24)22-19(3)23-16-11-7-8-12-17-23/h4,6,9-10,13,24H,1-2,5,7-8,11-12,14-17H2,3H3/b10-6-,13-9-,21-20?,22-19?. The van der Waals surface area contributed by atoms with E-state index in [-0.39, 0.29) is 5.76 Å². The molecule has 0 radical (unpaired) electrons. The molecular formula is C20H31N3O. The predicted molar refractivity (Wildman–Crippen MR) is 105 cm³/mol. The number of likely N-dealkylation sites (tertiary alicyclic amines) is 1. The van der Waals surface area contributed by atoms with Crippen LogP contribution in [0.2, 0.25) is 0 Å². The molecule has 4 nitrogen and oxygen atoms in total. The third-order valence-corrected chi connectivity index (χ3v) is 3.81. The molecule has 1 saturated heterocycles. The third-order valence-electron chi connectivity index (χ3n) is 3.81. The molecule has 0 aliphatic carbocycles. The minimum atomic E-state index is 0.0781. The van der Waals surface area contributed by atoms with Gasteiger partial charge in [-0.3, -0.25) is 4.99 Å². The summed E-state index contributed by atoms with van der Waals surface area (Å²) in [7, 11) is 0. The number of amidine groups is 2. The van der Waals surface area contributed by atoms with Crippen LogP contribution >= 0.6 is 0 Å². The van der Waals surface area contributed by atoms with Crippen molar-refractivity contribution in [3.63, 3.8) is 0 Å². The second kappa shape index (κ2) is 12.3. The van der Waals surface area contributed by atoms with Gasteiger partial charge in [-0.15, -0.1) is 6.58 Å². The van der Waals surface area contributed by atoms with Gasteiger partial charge in [-0.1, -0.05) is 43.7 Å². The van der Waals surface area contributed by atoms with Crippen LogP contribution in [0.15, 0.2) is 59.3 Å². The Morgan fingerprint density at radius 1 is 1.12 bits per heavy atom. The van der Waals surface area contributed by atoms with Crippen LogP contribution in [-0.4, -0.2) is 41.3 Å². The van der Waals surface area contributed by atoms with E-state index < -0.39 is 0 Å². The van der Waals surface area contributed by atoms with E-state index in [9.17, 15) is 0 Å². The molecule has 1 heterocycles. The van der Waals surface area contributed by atoms with Gasteiger partial charge in [0, 0.05) is 19.5 Å². The van der Waals surface area contributed by atoms with Crippen molar-refractivity contribution in [1.29, 1.82) is 0 Å². The Kier molecular flexibility index (Phi) is 10.3. The Balaban J connectivity index is 2.63. The topological polar surface area (TPSA) is 48.2 Å². The zero-order chi connectivity index (χ0) is 17.6. The maximum absolute atomic E-state index is 8.98. The summed E-state index contributed by atoms with van der Waals surface area (Å²) in [6.07, 6.45) is 15.9. The molecule has 1 rings (SSSR count). The highest BCUT2D eigenvalue weighted by Crippen LogP contribution is 2.10. The van der Waals surface area contributed by atoms with Crippen molar-refractivity contribution < 1.29 is 5.11 Å². The van der Waals surface area contributed by atoms with Crippen LogP contribution in [0.3, 0.4) is 0 Å². The lowest BCUT2D eigenvalue weighted by molar-refractivity contribution is 0.433. The quantitative estimate of drug-likeness (QED) is 0.239. The molecule has 0 spiro atoms. The molecular weight excluding hydrogens is 298 g/mol. The van der Waals surface area contributed by atoms with Gasteiger partial charge in [0.15, 0.2) is 0 Å². The second-order valence-corrected chi connectivity index (χ2v) is 5.91. The van der Waals surface area contributed by atoms with Crippen molar-refractivity contribution in [2.24, 2.45) is 9.98 Å². The molecule has 0 aromatic rings. The Morgan fingerprint density at radius 2 is 1.83 bits per heavy atom. The number of hydrogen-bond donors (Lipinski definition) is 1. The normalized spacial score (nSPS) is 17.5. The maximum Gasteiger partial charge on any atom is 0.129 e. The molecule has 1 aliphatic rings. The summed E-state index contributed by atoms with van der Waals surface area (Å²) in [6, 6.07) is 0. The number of rotatable bonds is 7. The molecule has 0 atom stereocenters. The fraction of sp³-hybridized carbons (Fsp3) is 0.500. The molecule has 24 heavy (non-hydrogen) atoms. The van der Waals surface area contributed by atoms with E-state index >= 15 is 0 Å². The minimum absolute atomic E-state index is 0.0781. The van der Waals surface area contributed by atoms with Crippen LogP contribution in [0.5, 0.6) is 0 Å². The van der Waals surface area contributed by atoms with Gasteiger partial charge in [-0.25, -0.2) is 4.99 Å². The van der Waals surface area contributed by atoms with E-state index in [1.807, 2.05) is 12.2 Å². The van der Waals surface area contributed by atoms with Crippen LogP contribution in [0.1, 0.15) is 45.4 Å². The zero-order valence-corrected chi connectivity index (χ0v) is 15.0. The van der Waals surface area contributed by atoms with E-state index in [1.165, 1.54) is 25.7 Å². The average Bonchev–Trinajstić information content (AvgIpc) is 2.84. The van der Waals surface area contributed by atoms with Crippen LogP contribution < -0.4 is 0 Å². The molecule has 1 aliphatic heterocycles. The first-order chi connectivity index (χ1) is 11.6. The molecule has 132 valence electrons. The third kappa shape index (κ3) is 9.13. The second-order valence-electron chi connectivity index (χ2n) is 5.91. The van der Waals surface area contributed by atoms with Gasteiger partial charge in [-0.05, 0) is 32.3 Å². The first-order valence-corrected chi connectivity index (χ1v) is 8.77. The number of aliphatic hydroxyl groups excluding tert-OH is 1. The van der Waals surface area contributed by atoms with Gasteiger partial charge in [0.1, 0.15) is 17.4 Å². The van der Waals surface area contributed by atoms with Crippen molar-refractivity contribution in [2.75, 3.05) is 19.6 Å². The Labute approximate surface area is 146 Å². The van der Waals surface area contributed by atoms with E-state index in [4.69, 9.17) is 10.1 Å². The molecule has 0 bridgehead atoms. The van der Waals surface area contributed by atoms with Crippen LogP contribution in [0, 0.1) is 0 Å². The minimum Gasteiger partial charge on any atom is -0.509 e. The number of aliphatic hydroxyl groups is 1. The van der Waals surface area contributed by atoms with Crippen LogP contribution in [-0.2, 0) is 0 Å². The van der Waals surface area contributed by atoms with Crippen molar-refractivity contribution in [2.45, 2.75) is 45.4 Å². The number of nitrogens with zero attached hydrogens (tertiary/aromatic N) is 3. The number of allylic oxidation sites excluding steroid dienone is 3. The summed E-state index contributed by atoms with van der Waals surface area (Å²) in [5.41, 5.74) is 0. The average molecular weight is 329 g/mol. The first-order valence-electron chi connectivity index (χ1n) is 8.77. The van der Waals surface area contributed by atoms with Crippen molar-refractivity contribution in [1.82, 2.24) is 4.90 Å². The summed E-state index contributed by atoms with van der Waals surface area (Å²) >= 11 is 0. The van der Waals surface area contributed by atoms with Crippen LogP contribution in [0.4, 0.5) is 0 Å². The van der Waals surface area contributed by atoms with Crippen molar-refractivity contribution >= 4 is 11.7 Å². The summed E-state index contributed by atoms with van der Waals surface area (Å²) < 4.78 is 0. The van der Waals surface area contributed by atoms with Gasteiger partial charge in [0.05, 0.1) is 6.54 Å². The summed E-state index contributed by atoms with van der Waals surface area (Å²) in [4.78, 5) is 11.6. The SMILES string of the molecule is C=CCN=C(C/C=C\C/C=C\C(=C)O)N=C(C)N1CCCCCC1. The van der Waals surface area contributed by atoms with Crippen molar-refractivity contribution in [3.05, 3.63) is 49.3 Å². The molecule has 0 amide bonds. The molecule has 0 aromatic carbocycles. The summed E-state index contributed by atoms with van der Waals surface area (Å²) in [6.45, 7) is 12.0. The first kappa shape index (κ1) is 19.9. The fourth-order valence-electron chi connectivity index (χ4n) is 2.53. The highest BCUT2D eigenvalue weighted by atomic mass is 16.3. The summed E-state index contributed by atoms with van der Waals surface area (Å²) in [5.74, 6) is 1.97. The van der Waals surface area contributed by atoms with Gasteiger partial charge in [-0.2, -0.15) is 0 Å². The largest absolute Gasteiger partial charge is 0.509 e. The lowest BCUT2D eigenvalue weighted by Gasteiger charge is -2.21. The van der Waals surface area contributed by atoms with Gasteiger partial charge in [0.2, 0.25) is 0 Å². The smallest absolute Gasteiger partial charge is 0.129 e. The van der Waals surface area contributed by atoms with Crippen molar-refractivity contribution in [3.8, 4) is 0 Å². The Hall–Kier alpha value is -2.10. The maximum atomic E-state index is 8.98. The van der Waals surface area contributed by atoms with E-state index in [0.29, 0.717) is 13.0 Å². The van der Waals surface area contributed by atoms with Crippen LogP contribution in [0.25, 0.3) is 0 Å². The summed E-state index contributed by atoms with van der Waals surface area (Å²) in [5, 5.41) is 8.98. The van der Waals surface area contributed by atoms with Gasteiger partial charge < -0.3 is 10.0 Å². The number of hydrogen-bond acceptors (Lipinski definition) is 2. The van der Waals surface area contributed by atoms with Gasteiger partial charge in [0.25, 0.3) is 0 Å². The lowest BCUT2D eigenvalue weighted by Crippen LogP contribution is -2.30. The van der Waals surface area contributed by atoms with E-state index in [1.54, 1.807) is 12.2 Å². The highest BCUT2D eigenvalue weighted by molar-refractivity contribution is 5.96. The number of aliphatic imine (C=N–C) groups is 2. The highest BCUT2D eigenvalue weighted by Gasteiger charge is 2.10. The fourth-order valence-corrected chi connectivity index (χ4v) is 2.53. The zero-order valence-electron chi connectivity index (χ0n) is 15.0. The molecule has 0 saturated carbocycles. The molecule has 0 unspecified atom stereocenters. The van der Waals surface area contributed by atoms with Gasteiger partial charge >= 0.3 is 0 Å². The monoisotopic (exact) mass is 329 g/mol. The molecule has 4 heteroatoms. The molecule has 1 N–H and O–H groups in total.